The lowest BCUT2D eigenvalue weighted by atomic mass is 10.3. The molecule has 0 atom stereocenters. The van der Waals surface area contributed by atoms with Gasteiger partial charge in [0.05, 0.1) is 22.6 Å². The van der Waals surface area contributed by atoms with Crippen LogP contribution in [-0.2, 0) is 23.0 Å². The second-order valence-electron chi connectivity index (χ2n) is 6.55. The monoisotopic (exact) mass is 428 g/mol. The first kappa shape index (κ1) is 19.9. The Hall–Kier alpha value is -3.40. The number of aromatic nitrogens is 3. The van der Waals surface area contributed by atoms with Crippen molar-refractivity contribution in [2.75, 3.05) is 10.8 Å². The molecule has 0 N–H and O–H groups in total. The highest BCUT2D eigenvalue weighted by Gasteiger charge is 2.25. The topological polar surface area (TPSA) is 111 Å². The Labute approximate surface area is 172 Å². The van der Waals surface area contributed by atoms with Gasteiger partial charge >= 0.3 is 5.76 Å². The standard InChI is InChI=1S/C20H20N4O5S/c1-3-19-21-18(22-29-19)13-23-16-11-10-15(12-17(16)28-20(23)25)30(26,27)24(4-2)14-8-6-5-7-9-14/h5-12H,3-4,13H2,1-2H3. The lowest BCUT2D eigenvalue weighted by Gasteiger charge is -2.22. The number of benzene rings is 2. The highest BCUT2D eigenvalue weighted by Crippen LogP contribution is 2.26. The van der Waals surface area contributed by atoms with Crippen molar-refractivity contribution in [1.82, 2.24) is 14.7 Å². The molecule has 0 fully saturated rings. The van der Waals surface area contributed by atoms with Gasteiger partial charge in [-0.2, -0.15) is 4.98 Å². The summed E-state index contributed by atoms with van der Waals surface area (Å²) in [6.45, 7) is 3.96. The predicted octanol–water partition coefficient (Wildman–Crippen LogP) is 2.80. The first-order valence-electron chi connectivity index (χ1n) is 9.46. The Balaban J connectivity index is 1.72. The third kappa shape index (κ3) is 3.50. The fraction of sp³-hybridized carbons (Fsp3) is 0.250. The maximum Gasteiger partial charge on any atom is 0.420 e. The molecule has 9 nitrogen and oxygen atoms in total. The Morgan fingerprint density at radius 1 is 1.10 bits per heavy atom. The van der Waals surface area contributed by atoms with Crippen LogP contribution < -0.4 is 10.1 Å². The number of oxazole rings is 1. The van der Waals surface area contributed by atoms with Gasteiger partial charge in [0.25, 0.3) is 10.0 Å². The van der Waals surface area contributed by atoms with Gasteiger partial charge in [-0.1, -0.05) is 30.3 Å². The van der Waals surface area contributed by atoms with Crippen molar-refractivity contribution in [3.63, 3.8) is 0 Å². The summed E-state index contributed by atoms with van der Waals surface area (Å²) in [5.74, 6) is 0.187. The summed E-state index contributed by atoms with van der Waals surface area (Å²) in [4.78, 5) is 16.6. The number of aryl methyl sites for hydroxylation is 1. The molecule has 10 heteroatoms. The quantitative estimate of drug-likeness (QED) is 0.445. The zero-order valence-electron chi connectivity index (χ0n) is 16.5. The van der Waals surface area contributed by atoms with Crippen LogP contribution in [0.4, 0.5) is 5.69 Å². The third-order valence-corrected chi connectivity index (χ3v) is 6.57. The summed E-state index contributed by atoms with van der Waals surface area (Å²) in [6.07, 6.45) is 0.588. The van der Waals surface area contributed by atoms with E-state index in [1.54, 1.807) is 37.3 Å². The van der Waals surface area contributed by atoms with E-state index in [2.05, 4.69) is 10.1 Å². The molecule has 4 rings (SSSR count). The molecule has 0 spiro atoms. The molecule has 0 aliphatic heterocycles. The van der Waals surface area contributed by atoms with Gasteiger partial charge in [-0.05, 0) is 31.2 Å². The fourth-order valence-corrected chi connectivity index (χ4v) is 4.70. The molecule has 2 aromatic heterocycles. The molecule has 2 heterocycles. The number of sulfonamides is 1. The average Bonchev–Trinajstić information content (AvgIpc) is 3.33. The Kier molecular flexibility index (Phi) is 5.17. The number of hydrogen-bond acceptors (Lipinski definition) is 7. The minimum absolute atomic E-state index is 0.0365. The lowest BCUT2D eigenvalue weighted by molar-refractivity contribution is 0.375. The molecule has 156 valence electrons. The fourth-order valence-electron chi connectivity index (χ4n) is 3.21. The van der Waals surface area contributed by atoms with Gasteiger partial charge < -0.3 is 8.94 Å². The van der Waals surface area contributed by atoms with Crippen LogP contribution in [0.1, 0.15) is 25.6 Å². The third-order valence-electron chi connectivity index (χ3n) is 4.67. The first-order chi connectivity index (χ1) is 14.4. The van der Waals surface area contributed by atoms with Crippen molar-refractivity contribution < 1.29 is 17.4 Å². The van der Waals surface area contributed by atoms with Gasteiger partial charge in [-0.3, -0.25) is 8.87 Å². The number of rotatable bonds is 7. The van der Waals surface area contributed by atoms with Crippen molar-refractivity contribution in [2.24, 2.45) is 0 Å². The molecule has 0 aliphatic rings. The van der Waals surface area contributed by atoms with Crippen LogP contribution in [0.2, 0.25) is 0 Å². The maximum atomic E-state index is 13.2. The van der Waals surface area contributed by atoms with Gasteiger partial charge in [0.15, 0.2) is 11.4 Å². The Bertz CT molecular complexity index is 1340. The van der Waals surface area contributed by atoms with Crippen LogP contribution >= 0.6 is 0 Å². The number of hydrogen-bond donors (Lipinski definition) is 0. The summed E-state index contributed by atoms with van der Waals surface area (Å²) in [6, 6.07) is 13.2. The molecule has 2 aromatic carbocycles. The first-order valence-corrected chi connectivity index (χ1v) is 10.9. The van der Waals surface area contributed by atoms with Crippen molar-refractivity contribution in [3.05, 3.63) is 70.8 Å². The Morgan fingerprint density at radius 3 is 2.53 bits per heavy atom. The van der Waals surface area contributed by atoms with E-state index in [1.165, 1.54) is 21.0 Å². The van der Waals surface area contributed by atoms with Crippen molar-refractivity contribution in [3.8, 4) is 0 Å². The van der Waals surface area contributed by atoms with E-state index in [1.807, 2.05) is 13.0 Å². The SMILES string of the molecule is CCc1nc(Cn2c(=O)oc3cc(S(=O)(=O)N(CC)c4ccccc4)ccc32)no1. The molecule has 4 aromatic rings. The maximum absolute atomic E-state index is 13.2. The lowest BCUT2D eigenvalue weighted by Crippen LogP contribution is -2.30. The van der Waals surface area contributed by atoms with Gasteiger partial charge in [-0.25, -0.2) is 13.2 Å². The van der Waals surface area contributed by atoms with Crippen molar-refractivity contribution >= 4 is 26.8 Å². The zero-order chi connectivity index (χ0) is 21.3. The van der Waals surface area contributed by atoms with Crippen LogP contribution in [-0.4, -0.2) is 29.7 Å². The largest absolute Gasteiger partial charge is 0.420 e. The Morgan fingerprint density at radius 2 is 1.87 bits per heavy atom. The van der Waals surface area contributed by atoms with Gasteiger partial charge in [0.2, 0.25) is 5.89 Å². The van der Waals surface area contributed by atoms with Gasteiger partial charge in [-0.15, -0.1) is 0 Å². The minimum atomic E-state index is -3.84. The van der Waals surface area contributed by atoms with Crippen molar-refractivity contribution in [2.45, 2.75) is 31.7 Å². The van der Waals surface area contributed by atoms with E-state index < -0.39 is 15.8 Å². The van der Waals surface area contributed by atoms with E-state index in [-0.39, 0.29) is 23.6 Å². The smallest absolute Gasteiger partial charge is 0.408 e. The van der Waals surface area contributed by atoms with Gasteiger partial charge in [0.1, 0.15) is 0 Å². The summed E-state index contributed by atoms with van der Waals surface area (Å²) < 4.78 is 39.4. The summed E-state index contributed by atoms with van der Waals surface area (Å²) in [5, 5.41) is 3.84. The summed E-state index contributed by atoms with van der Waals surface area (Å²) in [7, 11) is -3.84. The van der Waals surface area contributed by atoms with E-state index in [9.17, 15) is 13.2 Å². The number of fused-ring (bicyclic) bond motifs is 1. The van der Waals surface area contributed by atoms with Crippen LogP contribution in [0.15, 0.2) is 67.2 Å². The zero-order valence-corrected chi connectivity index (χ0v) is 17.3. The van der Waals surface area contributed by atoms with Gasteiger partial charge in [0, 0.05) is 19.0 Å². The molecule has 0 saturated heterocycles. The molecule has 30 heavy (non-hydrogen) atoms. The molecule has 0 unspecified atom stereocenters. The van der Waals surface area contributed by atoms with E-state index >= 15 is 0 Å². The van der Waals surface area contributed by atoms with E-state index in [0.29, 0.717) is 29.3 Å². The minimum Gasteiger partial charge on any atom is -0.408 e. The second kappa shape index (κ2) is 7.79. The molecule has 0 aliphatic carbocycles. The van der Waals surface area contributed by atoms with Crippen molar-refractivity contribution in [1.29, 1.82) is 0 Å². The molecule has 0 bridgehead atoms. The second-order valence-corrected chi connectivity index (χ2v) is 8.41. The number of nitrogens with zero attached hydrogens (tertiary/aromatic N) is 4. The molecule has 0 saturated carbocycles. The predicted molar refractivity (Wildman–Crippen MR) is 110 cm³/mol. The van der Waals surface area contributed by atoms with Crippen LogP contribution in [0.3, 0.4) is 0 Å². The van der Waals surface area contributed by atoms with Crippen LogP contribution in [0, 0.1) is 0 Å². The summed E-state index contributed by atoms with van der Waals surface area (Å²) in [5.41, 5.74) is 1.18. The van der Waals surface area contributed by atoms with Crippen LogP contribution in [0.25, 0.3) is 11.1 Å². The molecular formula is C20H20N4O5S. The van der Waals surface area contributed by atoms with E-state index in [4.69, 9.17) is 8.94 Å². The van der Waals surface area contributed by atoms with E-state index in [0.717, 1.165) is 0 Å². The highest BCUT2D eigenvalue weighted by atomic mass is 32.2. The molecule has 0 radical (unpaired) electrons. The molecule has 0 amide bonds. The number of anilines is 1. The average molecular weight is 428 g/mol. The highest BCUT2D eigenvalue weighted by molar-refractivity contribution is 7.92. The normalized spacial score (nSPS) is 11.8. The summed E-state index contributed by atoms with van der Waals surface area (Å²) >= 11 is 0. The molecular weight excluding hydrogens is 408 g/mol. The number of para-hydroxylation sites is 1. The van der Waals surface area contributed by atoms with Crippen LogP contribution in [0.5, 0.6) is 0 Å².